The monoisotopic (exact) mass is 261 g/mol. The van der Waals surface area contributed by atoms with Crippen LogP contribution in [0.4, 0.5) is 5.69 Å². The van der Waals surface area contributed by atoms with E-state index in [1.54, 1.807) is 13.0 Å². The maximum Gasteiger partial charge on any atom is 0.270 e. The summed E-state index contributed by atoms with van der Waals surface area (Å²) < 4.78 is 0. The highest BCUT2D eigenvalue weighted by atomic mass is 16.6. The lowest BCUT2D eigenvalue weighted by Gasteiger charge is -2.04. The number of nitrogens with zero attached hydrogens (tertiary/aromatic N) is 2. The van der Waals surface area contributed by atoms with E-state index in [9.17, 15) is 20.0 Å². The number of aromatic amines is 1. The number of hydrogen-bond acceptors (Lipinski definition) is 5. The third-order valence-corrected chi connectivity index (χ3v) is 2.68. The first-order valence-electron chi connectivity index (χ1n) is 5.60. The molecular weight excluding hydrogens is 250 g/mol. The van der Waals surface area contributed by atoms with E-state index in [1.165, 1.54) is 18.2 Å². The Morgan fingerprint density at radius 2 is 2.21 bits per heavy atom. The average molecular weight is 261 g/mol. The van der Waals surface area contributed by atoms with Gasteiger partial charge in [-0.1, -0.05) is 19.1 Å². The molecule has 0 aliphatic rings. The normalized spacial score (nSPS) is 10.4. The molecule has 2 rings (SSSR count). The van der Waals surface area contributed by atoms with Crippen molar-refractivity contribution in [3.63, 3.8) is 0 Å². The van der Waals surface area contributed by atoms with Crippen molar-refractivity contribution in [1.29, 1.82) is 0 Å². The molecule has 0 atom stereocenters. The molecule has 0 aliphatic carbocycles. The van der Waals surface area contributed by atoms with E-state index in [-0.39, 0.29) is 23.0 Å². The Labute approximate surface area is 107 Å². The van der Waals surface area contributed by atoms with Crippen LogP contribution in [0, 0.1) is 10.1 Å². The summed E-state index contributed by atoms with van der Waals surface area (Å²) >= 11 is 0. The first-order valence-corrected chi connectivity index (χ1v) is 5.60. The lowest BCUT2D eigenvalue weighted by atomic mass is 10.2. The van der Waals surface area contributed by atoms with Crippen molar-refractivity contribution in [2.75, 3.05) is 0 Å². The smallest absolute Gasteiger partial charge is 0.270 e. The van der Waals surface area contributed by atoms with Crippen LogP contribution >= 0.6 is 0 Å². The minimum absolute atomic E-state index is 0.100. The number of rotatable bonds is 3. The Balaban J connectivity index is 2.57. The van der Waals surface area contributed by atoms with Gasteiger partial charge in [0.25, 0.3) is 11.2 Å². The van der Waals surface area contributed by atoms with Crippen molar-refractivity contribution < 1.29 is 10.0 Å². The quantitative estimate of drug-likeness (QED) is 0.644. The summed E-state index contributed by atoms with van der Waals surface area (Å²) in [5.74, 6) is -0.254. The van der Waals surface area contributed by atoms with Gasteiger partial charge in [0.15, 0.2) is 0 Å². The van der Waals surface area contributed by atoms with Gasteiger partial charge >= 0.3 is 0 Å². The van der Waals surface area contributed by atoms with Crippen LogP contribution in [0.5, 0.6) is 5.88 Å². The summed E-state index contributed by atoms with van der Waals surface area (Å²) in [6, 6.07) is 5.67. The molecular formula is C12H11N3O4. The van der Waals surface area contributed by atoms with Crippen LogP contribution in [-0.4, -0.2) is 20.0 Å². The number of aromatic nitrogens is 2. The van der Waals surface area contributed by atoms with Gasteiger partial charge in [-0.05, 0) is 6.42 Å². The molecule has 7 heteroatoms. The van der Waals surface area contributed by atoms with E-state index in [2.05, 4.69) is 9.97 Å². The summed E-state index contributed by atoms with van der Waals surface area (Å²) in [5, 5.41) is 20.3. The van der Waals surface area contributed by atoms with Gasteiger partial charge in [0.2, 0.25) is 5.88 Å². The maximum absolute atomic E-state index is 11.7. The zero-order valence-corrected chi connectivity index (χ0v) is 10.1. The van der Waals surface area contributed by atoms with E-state index in [1.807, 2.05) is 0 Å². The van der Waals surface area contributed by atoms with Gasteiger partial charge in [0, 0.05) is 17.7 Å². The van der Waals surface area contributed by atoms with Crippen LogP contribution in [0.25, 0.3) is 11.4 Å². The molecule has 1 heterocycles. The topological polar surface area (TPSA) is 109 Å². The molecule has 0 radical (unpaired) electrons. The van der Waals surface area contributed by atoms with Crippen LogP contribution < -0.4 is 5.56 Å². The Morgan fingerprint density at radius 3 is 2.79 bits per heavy atom. The van der Waals surface area contributed by atoms with Gasteiger partial charge in [-0.15, -0.1) is 0 Å². The molecule has 0 fully saturated rings. The van der Waals surface area contributed by atoms with Crippen molar-refractivity contribution >= 4 is 5.69 Å². The summed E-state index contributed by atoms with van der Waals surface area (Å²) in [4.78, 5) is 28.2. The first-order chi connectivity index (χ1) is 9.02. The van der Waals surface area contributed by atoms with E-state index in [0.29, 0.717) is 12.0 Å². The number of nitrogens with one attached hydrogen (secondary N) is 1. The zero-order chi connectivity index (χ0) is 14.0. The number of benzene rings is 1. The second-order valence-corrected chi connectivity index (χ2v) is 3.88. The predicted octanol–water partition coefficient (Wildman–Crippen LogP) is 1.61. The third-order valence-electron chi connectivity index (χ3n) is 2.68. The standard InChI is InChI=1S/C12H11N3O4/c1-2-9-11(16)13-10(14-12(9)17)7-4-3-5-8(6-7)15(18)19/h3-6H,2H2,1H3,(H2,13,14,16,17). The molecule has 2 N–H and O–H groups in total. The van der Waals surface area contributed by atoms with Gasteiger partial charge < -0.3 is 10.1 Å². The number of aromatic hydroxyl groups is 1. The van der Waals surface area contributed by atoms with Crippen LogP contribution in [0.3, 0.4) is 0 Å². The van der Waals surface area contributed by atoms with Crippen molar-refractivity contribution in [2.45, 2.75) is 13.3 Å². The van der Waals surface area contributed by atoms with Crippen molar-refractivity contribution in [2.24, 2.45) is 0 Å². The fourth-order valence-corrected chi connectivity index (χ4v) is 1.71. The predicted molar refractivity (Wildman–Crippen MR) is 68.0 cm³/mol. The molecule has 1 aromatic heterocycles. The number of non-ortho nitro benzene ring substituents is 1. The highest BCUT2D eigenvalue weighted by Gasteiger charge is 2.12. The lowest BCUT2D eigenvalue weighted by Crippen LogP contribution is -2.14. The van der Waals surface area contributed by atoms with Gasteiger partial charge in [0.05, 0.1) is 10.5 Å². The Bertz CT molecular complexity index is 694. The molecule has 0 amide bonds. The fraction of sp³-hybridized carbons (Fsp3) is 0.167. The minimum Gasteiger partial charge on any atom is -0.493 e. The SMILES string of the molecule is CCc1c(O)nc(-c2cccc([N+](=O)[O-])c2)[nH]c1=O. The van der Waals surface area contributed by atoms with Gasteiger partial charge in [0.1, 0.15) is 5.82 Å². The zero-order valence-electron chi connectivity index (χ0n) is 10.1. The van der Waals surface area contributed by atoms with Crippen LogP contribution in [0.2, 0.25) is 0 Å². The first kappa shape index (κ1) is 12.7. The minimum atomic E-state index is -0.540. The highest BCUT2D eigenvalue weighted by Crippen LogP contribution is 2.22. The number of H-pyrrole nitrogens is 1. The number of nitro groups is 1. The van der Waals surface area contributed by atoms with Crippen LogP contribution in [0.1, 0.15) is 12.5 Å². The van der Waals surface area contributed by atoms with E-state index >= 15 is 0 Å². The summed E-state index contributed by atoms with van der Waals surface area (Å²) in [7, 11) is 0. The lowest BCUT2D eigenvalue weighted by molar-refractivity contribution is -0.384. The van der Waals surface area contributed by atoms with Crippen molar-refractivity contribution in [3.8, 4) is 17.3 Å². The largest absolute Gasteiger partial charge is 0.493 e. The van der Waals surface area contributed by atoms with E-state index in [4.69, 9.17) is 0 Å². The molecule has 0 saturated heterocycles. The molecule has 1 aromatic carbocycles. The van der Waals surface area contributed by atoms with Gasteiger partial charge in [-0.2, -0.15) is 4.98 Å². The maximum atomic E-state index is 11.7. The van der Waals surface area contributed by atoms with Crippen molar-refractivity contribution in [3.05, 3.63) is 50.3 Å². The molecule has 19 heavy (non-hydrogen) atoms. The van der Waals surface area contributed by atoms with Gasteiger partial charge in [-0.25, -0.2) is 0 Å². The molecule has 0 unspecified atom stereocenters. The van der Waals surface area contributed by atoms with Crippen LogP contribution in [-0.2, 0) is 6.42 Å². The molecule has 0 bridgehead atoms. The number of hydrogen-bond donors (Lipinski definition) is 2. The van der Waals surface area contributed by atoms with Gasteiger partial charge in [-0.3, -0.25) is 14.9 Å². The Morgan fingerprint density at radius 1 is 1.47 bits per heavy atom. The van der Waals surface area contributed by atoms with Crippen molar-refractivity contribution in [1.82, 2.24) is 9.97 Å². The molecule has 0 aliphatic heterocycles. The Hall–Kier alpha value is -2.70. The van der Waals surface area contributed by atoms with E-state index in [0.717, 1.165) is 0 Å². The molecule has 7 nitrogen and oxygen atoms in total. The molecule has 2 aromatic rings. The molecule has 0 spiro atoms. The third kappa shape index (κ3) is 2.44. The molecule has 98 valence electrons. The Kier molecular flexibility index (Phi) is 3.28. The second-order valence-electron chi connectivity index (χ2n) is 3.88. The van der Waals surface area contributed by atoms with Crippen LogP contribution in [0.15, 0.2) is 29.1 Å². The molecule has 0 saturated carbocycles. The average Bonchev–Trinajstić information content (AvgIpc) is 2.38. The summed E-state index contributed by atoms with van der Waals surface area (Å²) in [5.41, 5.74) is -0.00542. The highest BCUT2D eigenvalue weighted by molar-refractivity contribution is 5.59. The fourth-order valence-electron chi connectivity index (χ4n) is 1.71. The van der Waals surface area contributed by atoms with E-state index < -0.39 is 10.5 Å². The second kappa shape index (κ2) is 4.89. The summed E-state index contributed by atoms with van der Waals surface area (Å²) in [6.07, 6.45) is 0.351. The summed E-state index contributed by atoms with van der Waals surface area (Å²) in [6.45, 7) is 1.72. The number of nitro benzene ring substituents is 1.